The van der Waals surface area contributed by atoms with Crippen LogP contribution in [0.15, 0.2) is 46.5 Å². The maximum atomic E-state index is 13.0. The number of thioether (sulfide) groups is 1. The molecule has 168 valence electrons. The molecule has 1 aromatic heterocycles. The van der Waals surface area contributed by atoms with Crippen LogP contribution in [-0.4, -0.2) is 54.0 Å². The zero-order chi connectivity index (χ0) is 22.3. The number of aryl methyl sites for hydroxylation is 1. The van der Waals surface area contributed by atoms with E-state index in [4.69, 9.17) is 0 Å². The molecule has 2 aromatic carbocycles. The molecular weight excluding hydrogens is 444 g/mol. The molecule has 1 fully saturated rings. The Kier molecular flexibility index (Phi) is 5.73. The first-order chi connectivity index (χ1) is 15.4. The van der Waals surface area contributed by atoms with E-state index in [0.717, 1.165) is 52.3 Å². The fourth-order valence-electron chi connectivity index (χ4n) is 4.43. The van der Waals surface area contributed by atoms with Crippen molar-refractivity contribution < 1.29 is 13.2 Å². The Morgan fingerprint density at radius 1 is 1.09 bits per heavy atom. The van der Waals surface area contributed by atoms with Crippen LogP contribution in [-0.2, 0) is 21.2 Å². The molecule has 3 aromatic rings. The molecular formula is C23H26N4O3S2. The molecule has 1 N–H and O–H groups in total. The number of hydrogen-bond donors (Lipinski definition) is 1. The van der Waals surface area contributed by atoms with Crippen molar-refractivity contribution in [3.8, 4) is 0 Å². The smallest absolute Gasteiger partial charge is 0.243 e. The normalized spacial score (nSPS) is 17.1. The lowest BCUT2D eigenvalue weighted by atomic mass is 10.2. The maximum absolute atomic E-state index is 13.0. The number of imidazole rings is 1. The van der Waals surface area contributed by atoms with Crippen molar-refractivity contribution in [3.63, 3.8) is 0 Å². The van der Waals surface area contributed by atoms with Gasteiger partial charge in [-0.25, -0.2) is 13.4 Å². The zero-order valence-corrected chi connectivity index (χ0v) is 19.6. The predicted molar refractivity (Wildman–Crippen MR) is 127 cm³/mol. The van der Waals surface area contributed by atoms with E-state index in [2.05, 4.69) is 9.97 Å². The summed E-state index contributed by atoms with van der Waals surface area (Å²) in [6, 6.07) is 11.2. The number of anilines is 1. The minimum Gasteiger partial charge on any atom is -0.333 e. The number of carbonyl (C=O) groups is 1. The highest BCUT2D eigenvalue weighted by atomic mass is 32.2. The zero-order valence-electron chi connectivity index (χ0n) is 18.0. The van der Waals surface area contributed by atoms with Crippen molar-refractivity contribution in [2.75, 3.05) is 30.3 Å². The minimum absolute atomic E-state index is 0.00276. The first-order valence-electron chi connectivity index (χ1n) is 10.9. The molecule has 3 heterocycles. The molecule has 2 aliphatic heterocycles. The quantitative estimate of drug-likeness (QED) is 0.574. The number of aromatic amines is 1. The summed E-state index contributed by atoms with van der Waals surface area (Å²) in [7, 11) is -3.47. The van der Waals surface area contributed by atoms with E-state index < -0.39 is 10.0 Å². The first kappa shape index (κ1) is 21.5. The molecule has 9 heteroatoms. The fourth-order valence-corrected chi connectivity index (χ4v) is 6.76. The Morgan fingerprint density at radius 3 is 2.72 bits per heavy atom. The Hall–Kier alpha value is -2.36. The summed E-state index contributed by atoms with van der Waals surface area (Å²) in [5, 5.41) is 0.723. The molecule has 1 amide bonds. The van der Waals surface area contributed by atoms with E-state index in [-0.39, 0.29) is 11.7 Å². The number of rotatable bonds is 5. The van der Waals surface area contributed by atoms with E-state index >= 15 is 0 Å². The van der Waals surface area contributed by atoms with Crippen LogP contribution in [0.4, 0.5) is 5.69 Å². The van der Waals surface area contributed by atoms with Crippen molar-refractivity contribution in [3.05, 3.63) is 47.5 Å². The topological polar surface area (TPSA) is 86.4 Å². The van der Waals surface area contributed by atoms with Gasteiger partial charge < -0.3 is 9.88 Å². The molecule has 0 atom stereocenters. The highest BCUT2D eigenvalue weighted by Crippen LogP contribution is 2.32. The van der Waals surface area contributed by atoms with Gasteiger partial charge in [-0.2, -0.15) is 4.31 Å². The molecule has 0 radical (unpaired) electrons. The number of piperidine rings is 1. The number of nitrogens with zero attached hydrogens (tertiary/aromatic N) is 3. The third-order valence-corrected chi connectivity index (χ3v) is 8.90. The van der Waals surface area contributed by atoms with Crippen molar-refractivity contribution in [1.29, 1.82) is 0 Å². The first-order valence-corrected chi connectivity index (χ1v) is 13.4. The van der Waals surface area contributed by atoms with Gasteiger partial charge in [-0.15, -0.1) is 0 Å². The van der Waals surface area contributed by atoms with Gasteiger partial charge in [-0.1, -0.05) is 24.2 Å². The molecule has 7 nitrogen and oxygen atoms in total. The fraction of sp³-hybridized carbons (Fsp3) is 0.391. The van der Waals surface area contributed by atoms with Gasteiger partial charge in [-0.3, -0.25) is 4.79 Å². The summed E-state index contributed by atoms with van der Waals surface area (Å²) in [6.45, 7) is 3.77. The van der Waals surface area contributed by atoms with Crippen LogP contribution in [0.25, 0.3) is 11.0 Å². The molecule has 32 heavy (non-hydrogen) atoms. The number of fused-ring (bicyclic) bond motifs is 2. The van der Waals surface area contributed by atoms with Crippen molar-refractivity contribution in [1.82, 2.24) is 14.3 Å². The summed E-state index contributed by atoms with van der Waals surface area (Å²) in [4.78, 5) is 22.8. The molecule has 2 aliphatic rings. The third-order valence-electron chi connectivity index (χ3n) is 6.15. The number of sulfonamides is 1. The highest BCUT2D eigenvalue weighted by Gasteiger charge is 2.30. The summed E-state index contributed by atoms with van der Waals surface area (Å²) in [5.74, 6) is 0.267. The van der Waals surface area contributed by atoms with Crippen molar-refractivity contribution in [2.45, 2.75) is 42.7 Å². The SMILES string of the molecule is Cc1ccc2nc(SCC(=O)N3CCc4cc(S(=O)(=O)N5CCCCC5)ccc43)[nH]c2c1. The second-order valence-electron chi connectivity index (χ2n) is 8.40. The van der Waals surface area contributed by atoms with E-state index in [1.807, 2.05) is 25.1 Å². The van der Waals surface area contributed by atoms with Gasteiger partial charge in [-0.05, 0) is 67.6 Å². The Bertz CT molecular complexity index is 1280. The van der Waals surface area contributed by atoms with Crippen molar-refractivity contribution >= 4 is 44.4 Å². The van der Waals surface area contributed by atoms with Crippen LogP contribution in [0.3, 0.4) is 0 Å². The van der Waals surface area contributed by atoms with Crippen LogP contribution in [0.5, 0.6) is 0 Å². The van der Waals surface area contributed by atoms with Gasteiger partial charge in [0.1, 0.15) is 0 Å². The van der Waals surface area contributed by atoms with Crippen molar-refractivity contribution in [2.24, 2.45) is 0 Å². The lowest BCUT2D eigenvalue weighted by Crippen LogP contribution is -2.35. The Labute approximate surface area is 192 Å². The average Bonchev–Trinajstić information content (AvgIpc) is 3.41. The summed E-state index contributed by atoms with van der Waals surface area (Å²) >= 11 is 1.39. The highest BCUT2D eigenvalue weighted by molar-refractivity contribution is 7.99. The lowest BCUT2D eigenvalue weighted by Gasteiger charge is -2.26. The monoisotopic (exact) mass is 470 g/mol. The van der Waals surface area contributed by atoms with Gasteiger partial charge >= 0.3 is 0 Å². The number of carbonyl (C=O) groups excluding carboxylic acids is 1. The van der Waals surface area contributed by atoms with Gasteiger partial charge in [0.15, 0.2) is 5.16 Å². The van der Waals surface area contributed by atoms with E-state index in [9.17, 15) is 13.2 Å². The van der Waals surface area contributed by atoms with E-state index in [0.29, 0.717) is 31.0 Å². The van der Waals surface area contributed by atoms with Gasteiger partial charge in [0, 0.05) is 25.3 Å². The minimum atomic E-state index is -3.47. The average molecular weight is 471 g/mol. The lowest BCUT2D eigenvalue weighted by molar-refractivity contribution is -0.116. The number of hydrogen-bond acceptors (Lipinski definition) is 5. The standard InChI is InChI=1S/C23H26N4O3S2/c1-16-5-7-19-20(13-16)25-23(24-19)31-15-22(28)27-12-9-17-14-18(6-8-21(17)27)32(29,30)26-10-3-2-4-11-26/h5-8,13-14H,2-4,9-12,15H2,1H3,(H,24,25). The third kappa shape index (κ3) is 4.04. The molecule has 0 aliphatic carbocycles. The summed E-state index contributed by atoms with van der Waals surface area (Å²) in [6.07, 6.45) is 3.57. The second-order valence-corrected chi connectivity index (χ2v) is 11.3. The molecule has 0 saturated carbocycles. The molecule has 0 unspecified atom stereocenters. The van der Waals surface area contributed by atoms with Gasteiger partial charge in [0.05, 0.1) is 21.7 Å². The Balaban J connectivity index is 1.28. The van der Waals surface area contributed by atoms with Crippen LogP contribution >= 0.6 is 11.8 Å². The molecule has 0 spiro atoms. The van der Waals surface area contributed by atoms with Gasteiger partial charge in [0.2, 0.25) is 15.9 Å². The molecule has 5 rings (SSSR count). The van der Waals surface area contributed by atoms with Crippen LogP contribution in [0.2, 0.25) is 0 Å². The molecule has 0 bridgehead atoms. The van der Waals surface area contributed by atoms with E-state index in [1.54, 1.807) is 27.4 Å². The maximum Gasteiger partial charge on any atom is 0.243 e. The summed E-state index contributed by atoms with van der Waals surface area (Å²) in [5.41, 5.74) is 4.74. The van der Waals surface area contributed by atoms with Crippen LogP contribution in [0.1, 0.15) is 30.4 Å². The number of nitrogens with one attached hydrogen (secondary N) is 1. The molecule has 1 saturated heterocycles. The van der Waals surface area contributed by atoms with Crippen LogP contribution < -0.4 is 4.90 Å². The number of aromatic nitrogens is 2. The van der Waals surface area contributed by atoms with Gasteiger partial charge in [0.25, 0.3) is 0 Å². The van der Waals surface area contributed by atoms with E-state index in [1.165, 1.54) is 11.8 Å². The predicted octanol–water partition coefficient (Wildman–Crippen LogP) is 3.73. The van der Waals surface area contributed by atoms with Crippen LogP contribution in [0, 0.1) is 6.92 Å². The number of H-pyrrole nitrogens is 1. The number of benzene rings is 2. The second kappa shape index (κ2) is 8.53. The summed E-state index contributed by atoms with van der Waals surface area (Å²) < 4.78 is 27.6. The largest absolute Gasteiger partial charge is 0.333 e. The number of amides is 1. The Morgan fingerprint density at radius 2 is 1.91 bits per heavy atom.